The number of rotatable bonds is 9. The predicted molar refractivity (Wildman–Crippen MR) is 97.6 cm³/mol. The molecule has 2 aromatic carbocycles. The Hall–Kier alpha value is -2.29. The molecule has 0 radical (unpaired) electrons. The number of carboxylic acid groups (broad SMARTS) is 1. The summed E-state index contributed by atoms with van der Waals surface area (Å²) in [4.78, 5) is 10.8. The molecule has 0 aliphatic carbocycles. The van der Waals surface area contributed by atoms with Crippen LogP contribution in [-0.4, -0.2) is 11.3 Å². The van der Waals surface area contributed by atoms with E-state index in [1.165, 1.54) is 32.1 Å². The Bertz CT molecular complexity index is 635. The minimum Gasteiger partial charge on any atom is -0.449 e. The lowest BCUT2D eigenvalue weighted by Gasteiger charge is -2.12. The molecule has 0 spiro atoms. The summed E-state index contributed by atoms with van der Waals surface area (Å²) in [6.45, 7) is 2.22. The van der Waals surface area contributed by atoms with Gasteiger partial charge in [-0.25, -0.2) is 4.79 Å². The predicted octanol–water partition coefficient (Wildman–Crippen LogP) is 6.31. The Balaban J connectivity index is 2.10. The van der Waals surface area contributed by atoms with Crippen molar-refractivity contribution >= 4 is 6.16 Å². The van der Waals surface area contributed by atoms with Crippen LogP contribution in [0.2, 0.25) is 0 Å². The van der Waals surface area contributed by atoms with Crippen molar-refractivity contribution in [2.75, 3.05) is 0 Å². The number of ether oxygens (including phenoxy) is 1. The number of hydrogen-bond acceptors (Lipinski definition) is 2. The van der Waals surface area contributed by atoms with E-state index in [0.717, 1.165) is 29.5 Å². The van der Waals surface area contributed by atoms with E-state index in [1.54, 1.807) is 6.07 Å². The van der Waals surface area contributed by atoms with Crippen molar-refractivity contribution in [1.82, 2.24) is 0 Å². The fourth-order valence-electron chi connectivity index (χ4n) is 2.94. The molecule has 2 rings (SSSR count). The lowest BCUT2D eigenvalue weighted by Crippen LogP contribution is -2.03. The number of aryl methyl sites for hydroxylation is 1. The monoisotopic (exact) mass is 326 g/mol. The molecule has 0 unspecified atom stereocenters. The number of unbranched alkanes of at least 4 members (excludes halogenated alkanes) is 5. The van der Waals surface area contributed by atoms with Gasteiger partial charge in [0.1, 0.15) is 5.75 Å². The van der Waals surface area contributed by atoms with E-state index in [1.807, 2.05) is 30.3 Å². The third-order valence-electron chi connectivity index (χ3n) is 4.17. The quantitative estimate of drug-likeness (QED) is 0.333. The Morgan fingerprint density at radius 3 is 2.38 bits per heavy atom. The lowest BCUT2D eigenvalue weighted by molar-refractivity contribution is 0.144. The van der Waals surface area contributed by atoms with E-state index in [9.17, 15) is 4.79 Å². The van der Waals surface area contributed by atoms with Crippen LogP contribution in [0.1, 0.15) is 51.0 Å². The van der Waals surface area contributed by atoms with Crippen LogP contribution in [0, 0.1) is 0 Å². The molecule has 3 nitrogen and oxygen atoms in total. The van der Waals surface area contributed by atoms with Gasteiger partial charge in [0.25, 0.3) is 0 Å². The largest absolute Gasteiger partial charge is 0.511 e. The second kappa shape index (κ2) is 9.76. The fourth-order valence-corrected chi connectivity index (χ4v) is 2.94. The fraction of sp³-hybridized carbons (Fsp3) is 0.381. The highest BCUT2D eigenvalue weighted by molar-refractivity contribution is 5.69. The molecule has 0 amide bonds. The molecule has 0 heterocycles. The number of hydrogen-bond donors (Lipinski definition) is 1. The molecule has 128 valence electrons. The van der Waals surface area contributed by atoms with Crippen LogP contribution in [0.4, 0.5) is 4.79 Å². The summed E-state index contributed by atoms with van der Waals surface area (Å²) in [5.41, 5.74) is 3.46. The van der Waals surface area contributed by atoms with Gasteiger partial charge in [0.15, 0.2) is 0 Å². The minimum atomic E-state index is -1.27. The Labute approximate surface area is 144 Å². The van der Waals surface area contributed by atoms with E-state index in [2.05, 4.69) is 19.1 Å². The van der Waals surface area contributed by atoms with Crippen molar-refractivity contribution in [2.24, 2.45) is 0 Å². The third kappa shape index (κ3) is 5.73. The molecule has 1 N–H and O–H groups in total. The molecular formula is C21H26O3. The van der Waals surface area contributed by atoms with Gasteiger partial charge >= 0.3 is 6.16 Å². The molecule has 3 heteroatoms. The SMILES string of the molecule is CCCCCCCCc1cc(OC(=O)O)ccc1-c1ccccc1. The van der Waals surface area contributed by atoms with E-state index in [0.29, 0.717) is 5.75 Å². The molecule has 0 saturated carbocycles. The summed E-state index contributed by atoms with van der Waals surface area (Å²) in [7, 11) is 0. The molecule has 0 bridgehead atoms. The van der Waals surface area contributed by atoms with Gasteiger partial charge in [0, 0.05) is 0 Å². The summed E-state index contributed by atoms with van der Waals surface area (Å²) in [5, 5.41) is 8.82. The zero-order valence-electron chi connectivity index (χ0n) is 14.3. The van der Waals surface area contributed by atoms with Crippen molar-refractivity contribution in [2.45, 2.75) is 51.9 Å². The van der Waals surface area contributed by atoms with Gasteiger partial charge in [-0.1, -0.05) is 75.4 Å². The van der Waals surface area contributed by atoms with E-state index in [4.69, 9.17) is 9.84 Å². The Morgan fingerprint density at radius 2 is 1.67 bits per heavy atom. The van der Waals surface area contributed by atoms with Crippen LogP contribution in [0.3, 0.4) is 0 Å². The smallest absolute Gasteiger partial charge is 0.449 e. The van der Waals surface area contributed by atoms with E-state index < -0.39 is 6.16 Å². The van der Waals surface area contributed by atoms with Gasteiger partial charge in [0.2, 0.25) is 0 Å². The van der Waals surface area contributed by atoms with E-state index >= 15 is 0 Å². The van der Waals surface area contributed by atoms with Crippen molar-refractivity contribution < 1.29 is 14.6 Å². The topological polar surface area (TPSA) is 46.5 Å². The van der Waals surface area contributed by atoms with Crippen molar-refractivity contribution in [3.63, 3.8) is 0 Å². The highest BCUT2D eigenvalue weighted by Gasteiger charge is 2.09. The first-order valence-electron chi connectivity index (χ1n) is 8.80. The Morgan fingerprint density at radius 1 is 0.958 bits per heavy atom. The maximum absolute atomic E-state index is 10.8. The highest BCUT2D eigenvalue weighted by atomic mass is 16.7. The first-order chi connectivity index (χ1) is 11.7. The summed E-state index contributed by atoms with van der Waals surface area (Å²) in [6, 6.07) is 15.7. The average Bonchev–Trinajstić information content (AvgIpc) is 2.58. The molecule has 0 aromatic heterocycles. The third-order valence-corrected chi connectivity index (χ3v) is 4.17. The molecule has 0 aliphatic rings. The van der Waals surface area contributed by atoms with Crippen LogP contribution < -0.4 is 4.74 Å². The molecule has 0 aliphatic heterocycles. The standard InChI is InChI=1S/C21H26O3/c1-2-3-4-5-6-8-13-18-16-19(24-21(22)23)14-15-20(18)17-11-9-7-10-12-17/h7,9-12,14-16H,2-6,8,13H2,1H3,(H,22,23). The zero-order valence-corrected chi connectivity index (χ0v) is 14.3. The van der Waals surface area contributed by atoms with Crippen molar-refractivity contribution in [3.8, 4) is 16.9 Å². The molecule has 0 fully saturated rings. The van der Waals surface area contributed by atoms with Gasteiger partial charge in [-0.05, 0) is 41.7 Å². The van der Waals surface area contributed by atoms with Gasteiger partial charge in [0.05, 0.1) is 0 Å². The van der Waals surface area contributed by atoms with Gasteiger partial charge in [-0.15, -0.1) is 0 Å². The van der Waals surface area contributed by atoms with Crippen LogP contribution in [0.25, 0.3) is 11.1 Å². The normalized spacial score (nSPS) is 10.5. The molecule has 0 atom stereocenters. The Kier molecular flexibility index (Phi) is 7.34. The number of benzene rings is 2. The lowest BCUT2D eigenvalue weighted by atomic mass is 9.95. The first kappa shape index (κ1) is 18.1. The van der Waals surface area contributed by atoms with Crippen LogP contribution in [0.15, 0.2) is 48.5 Å². The van der Waals surface area contributed by atoms with Gasteiger partial charge < -0.3 is 9.84 Å². The summed E-state index contributed by atoms with van der Waals surface area (Å²) < 4.78 is 4.82. The molecule has 24 heavy (non-hydrogen) atoms. The van der Waals surface area contributed by atoms with Crippen LogP contribution in [0.5, 0.6) is 5.75 Å². The van der Waals surface area contributed by atoms with Crippen LogP contribution >= 0.6 is 0 Å². The number of carbonyl (C=O) groups is 1. The molecular weight excluding hydrogens is 300 g/mol. The second-order valence-electron chi connectivity index (χ2n) is 6.07. The summed E-state index contributed by atoms with van der Waals surface area (Å²) in [6.07, 6.45) is 7.10. The van der Waals surface area contributed by atoms with Gasteiger partial charge in [-0.2, -0.15) is 0 Å². The first-order valence-corrected chi connectivity index (χ1v) is 8.80. The van der Waals surface area contributed by atoms with Crippen LogP contribution in [-0.2, 0) is 6.42 Å². The van der Waals surface area contributed by atoms with Crippen molar-refractivity contribution in [3.05, 3.63) is 54.1 Å². The zero-order chi connectivity index (χ0) is 17.2. The average molecular weight is 326 g/mol. The highest BCUT2D eigenvalue weighted by Crippen LogP contribution is 2.29. The van der Waals surface area contributed by atoms with E-state index in [-0.39, 0.29) is 0 Å². The minimum absolute atomic E-state index is 0.392. The maximum Gasteiger partial charge on any atom is 0.511 e. The maximum atomic E-state index is 10.8. The van der Waals surface area contributed by atoms with Crippen molar-refractivity contribution in [1.29, 1.82) is 0 Å². The summed E-state index contributed by atoms with van der Waals surface area (Å²) >= 11 is 0. The second-order valence-corrected chi connectivity index (χ2v) is 6.07. The molecule has 0 saturated heterocycles. The summed E-state index contributed by atoms with van der Waals surface area (Å²) in [5.74, 6) is 0.392. The van der Waals surface area contributed by atoms with Gasteiger partial charge in [-0.3, -0.25) is 0 Å². The molecule has 2 aromatic rings.